The first kappa shape index (κ1) is 25.5. The Balaban J connectivity index is 0.00000341. The highest BCUT2D eigenvalue weighted by Crippen LogP contribution is 2.14. The van der Waals surface area contributed by atoms with E-state index in [1.807, 2.05) is 0 Å². The Hall–Kier alpha value is -1.78. The standard InChI is InChI=1S/C23H30F2N4O.HI/c1-26-23(27-11-8-19-14-20(24)6-7-22(19)25)28-15-17-2-4-18(5-3-17)16-29-12-9-21(30)10-13-29;/h2-7,14,21,30H,8-13,15-16H2,1H3,(H2,26,27,28);1H. The van der Waals surface area contributed by atoms with Gasteiger partial charge in [0.1, 0.15) is 11.6 Å². The maximum atomic E-state index is 13.7. The number of likely N-dealkylation sites (tertiary alicyclic amines) is 1. The van der Waals surface area contributed by atoms with Gasteiger partial charge in [0.05, 0.1) is 6.10 Å². The van der Waals surface area contributed by atoms with Gasteiger partial charge in [0.25, 0.3) is 0 Å². The van der Waals surface area contributed by atoms with Gasteiger partial charge in [0.15, 0.2) is 5.96 Å². The summed E-state index contributed by atoms with van der Waals surface area (Å²) in [4.78, 5) is 6.54. The highest BCUT2D eigenvalue weighted by atomic mass is 127. The SMILES string of the molecule is CN=C(NCCc1cc(F)ccc1F)NCc1ccc(CN2CCC(O)CC2)cc1.I. The third-order valence-electron chi connectivity index (χ3n) is 5.36. The first-order valence-corrected chi connectivity index (χ1v) is 10.4. The summed E-state index contributed by atoms with van der Waals surface area (Å²) < 4.78 is 26.9. The molecule has 8 heteroatoms. The molecule has 0 radical (unpaired) electrons. The Labute approximate surface area is 200 Å². The normalized spacial score (nSPS) is 15.4. The van der Waals surface area contributed by atoms with Crippen molar-refractivity contribution in [3.05, 3.63) is 70.8 Å². The fourth-order valence-electron chi connectivity index (χ4n) is 3.56. The van der Waals surface area contributed by atoms with Gasteiger partial charge in [-0.2, -0.15) is 0 Å². The summed E-state index contributed by atoms with van der Waals surface area (Å²) in [6.07, 6.45) is 1.91. The van der Waals surface area contributed by atoms with Crippen molar-refractivity contribution in [2.45, 2.75) is 38.5 Å². The lowest BCUT2D eigenvalue weighted by atomic mass is 10.1. The molecule has 1 saturated heterocycles. The lowest BCUT2D eigenvalue weighted by Crippen LogP contribution is -2.38. The molecule has 1 aliphatic heterocycles. The molecule has 0 aromatic heterocycles. The number of hydrogen-bond acceptors (Lipinski definition) is 3. The third-order valence-corrected chi connectivity index (χ3v) is 5.36. The molecule has 1 aliphatic rings. The van der Waals surface area contributed by atoms with E-state index in [0.717, 1.165) is 50.2 Å². The minimum absolute atomic E-state index is 0. The van der Waals surface area contributed by atoms with E-state index in [1.54, 1.807) is 7.05 Å². The molecule has 0 aliphatic carbocycles. The van der Waals surface area contributed by atoms with Crippen LogP contribution in [-0.2, 0) is 19.5 Å². The fourth-order valence-corrected chi connectivity index (χ4v) is 3.56. The van der Waals surface area contributed by atoms with Crippen LogP contribution in [0.4, 0.5) is 8.78 Å². The number of aliphatic imine (C=N–C) groups is 1. The Morgan fingerprint density at radius 3 is 2.42 bits per heavy atom. The molecule has 0 atom stereocenters. The Morgan fingerprint density at radius 1 is 1.06 bits per heavy atom. The molecule has 2 aromatic carbocycles. The van der Waals surface area contributed by atoms with Gasteiger partial charge in [-0.3, -0.25) is 9.89 Å². The van der Waals surface area contributed by atoms with Crippen molar-refractivity contribution in [2.75, 3.05) is 26.7 Å². The van der Waals surface area contributed by atoms with Crippen LogP contribution in [0.3, 0.4) is 0 Å². The number of guanidine groups is 1. The zero-order chi connectivity index (χ0) is 21.3. The first-order valence-electron chi connectivity index (χ1n) is 10.4. The smallest absolute Gasteiger partial charge is 0.191 e. The number of piperidine rings is 1. The molecular weight excluding hydrogens is 513 g/mol. The second kappa shape index (κ2) is 12.9. The number of aliphatic hydroxyl groups is 1. The lowest BCUT2D eigenvalue weighted by Gasteiger charge is -2.29. The third kappa shape index (κ3) is 8.34. The topological polar surface area (TPSA) is 59.9 Å². The van der Waals surface area contributed by atoms with Crippen molar-refractivity contribution < 1.29 is 13.9 Å². The van der Waals surface area contributed by atoms with Gasteiger partial charge in [-0.1, -0.05) is 24.3 Å². The highest BCUT2D eigenvalue weighted by molar-refractivity contribution is 14.0. The minimum atomic E-state index is -0.435. The number of halogens is 3. The Morgan fingerprint density at radius 2 is 1.74 bits per heavy atom. The molecule has 3 rings (SSSR count). The predicted molar refractivity (Wildman–Crippen MR) is 131 cm³/mol. The average molecular weight is 544 g/mol. The number of rotatable bonds is 7. The van der Waals surface area contributed by atoms with Gasteiger partial charge in [0.2, 0.25) is 0 Å². The summed E-state index contributed by atoms with van der Waals surface area (Å²) in [5.41, 5.74) is 2.73. The molecule has 0 amide bonds. The molecule has 3 N–H and O–H groups in total. The molecule has 31 heavy (non-hydrogen) atoms. The van der Waals surface area contributed by atoms with Crippen LogP contribution in [0, 0.1) is 11.6 Å². The number of nitrogens with zero attached hydrogens (tertiary/aromatic N) is 2. The molecule has 1 fully saturated rings. The molecular formula is C23H31F2IN4O. The Kier molecular flexibility index (Phi) is 10.6. The molecule has 0 bridgehead atoms. The van der Waals surface area contributed by atoms with E-state index in [9.17, 15) is 13.9 Å². The van der Waals surface area contributed by atoms with Crippen molar-refractivity contribution >= 4 is 29.9 Å². The van der Waals surface area contributed by atoms with Crippen LogP contribution in [0.5, 0.6) is 0 Å². The van der Waals surface area contributed by atoms with Crippen molar-refractivity contribution in [2.24, 2.45) is 4.99 Å². The molecule has 5 nitrogen and oxygen atoms in total. The molecule has 170 valence electrons. The molecule has 0 saturated carbocycles. The van der Waals surface area contributed by atoms with Crippen LogP contribution in [0.15, 0.2) is 47.5 Å². The summed E-state index contributed by atoms with van der Waals surface area (Å²) in [6.45, 7) is 3.84. The first-order chi connectivity index (χ1) is 14.5. The van der Waals surface area contributed by atoms with Crippen molar-refractivity contribution in [1.29, 1.82) is 0 Å². The van der Waals surface area contributed by atoms with Crippen molar-refractivity contribution in [3.8, 4) is 0 Å². The summed E-state index contributed by atoms with van der Waals surface area (Å²) >= 11 is 0. The number of nitrogens with one attached hydrogen (secondary N) is 2. The van der Waals surface area contributed by atoms with E-state index in [1.165, 1.54) is 11.6 Å². The van der Waals surface area contributed by atoms with Crippen LogP contribution < -0.4 is 10.6 Å². The predicted octanol–water partition coefficient (Wildman–Crippen LogP) is 3.45. The second-order valence-corrected chi connectivity index (χ2v) is 7.66. The monoisotopic (exact) mass is 544 g/mol. The second-order valence-electron chi connectivity index (χ2n) is 7.66. The quantitative estimate of drug-likeness (QED) is 0.284. The van der Waals surface area contributed by atoms with E-state index in [2.05, 4.69) is 44.8 Å². The number of benzene rings is 2. The van der Waals surface area contributed by atoms with Gasteiger partial charge in [-0.05, 0) is 54.2 Å². The van der Waals surface area contributed by atoms with Crippen molar-refractivity contribution in [3.63, 3.8) is 0 Å². The van der Waals surface area contributed by atoms with Gasteiger partial charge >= 0.3 is 0 Å². The lowest BCUT2D eigenvalue weighted by molar-refractivity contribution is 0.0792. The Bertz CT molecular complexity index is 840. The van der Waals surface area contributed by atoms with Crippen LogP contribution in [0.1, 0.15) is 29.5 Å². The molecule has 2 aromatic rings. The number of hydrogen-bond donors (Lipinski definition) is 3. The summed E-state index contributed by atoms with van der Waals surface area (Å²) in [5, 5.41) is 16.0. The van der Waals surface area contributed by atoms with Crippen LogP contribution in [0.2, 0.25) is 0 Å². The average Bonchev–Trinajstić information content (AvgIpc) is 2.75. The van der Waals surface area contributed by atoms with Gasteiger partial charge in [0, 0.05) is 39.8 Å². The summed E-state index contributed by atoms with van der Waals surface area (Å²) in [5.74, 6) is -0.222. The zero-order valence-corrected chi connectivity index (χ0v) is 20.1. The van der Waals surface area contributed by atoms with Crippen LogP contribution >= 0.6 is 24.0 Å². The fraction of sp³-hybridized carbons (Fsp3) is 0.435. The van der Waals surface area contributed by atoms with E-state index in [-0.39, 0.29) is 30.1 Å². The van der Waals surface area contributed by atoms with Crippen LogP contribution in [-0.4, -0.2) is 48.8 Å². The zero-order valence-electron chi connectivity index (χ0n) is 17.8. The van der Waals surface area contributed by atoms with Gasteiger partial charge in [-0.25, -0.2) is 8.78 Å². The van der Waals surface area contributed by atoms with Crippen LogP contribution in [0.25, 0.3) is 0 Å². The highest BCUT2D eigenvalue weighted by Gasteiger charge is 2.16. The summed E-state index contributed by atoms with van der Waals surface area (Å²) in [6, 6.07) is 11.9. The minimum Gasteiger partial charge on any atom is -0.393 e. The molecule has 0 unspecified atom stereocenters. The van der Waals surface area contributed by atoms with E-state index in [4.69, 9.17) is 0 Å². The maximum Gasteiger partial charge on any atom is 0.191 e. The van der Waals surface area contributed by atoms with E-state index in [0.29, 0.717) is 31.0 Å². The summed E-state index contributed by atoms with van der Waals surface area (Å²) in [7, 11) is 1.68. The maximum absolute atomic E-state index is 13.7. The van der Waals surface area contributed by atoms with E-state index >= 15 is 0 Å². The molecule has 0 spiro atoms. The van der Waals surface area contributed by atoms with E-state index < -0.39 is 11.6 Å². The van der Waals surface area contributed by atoms with Crippen molar-refractivity contribution in [1.82, 2.24) is 15.5 Å². The largest absolute Gasteiger partial charge is 0.393 e. The number of aliphatic hydroxyl groups excluding tert-OH is 1. The molecule has 1 heterocycles. The van der Waals surface area contributed by atoms with Gasteiger partial charge < -0.3 is 15.7 Å². The van der Waals surface area contributed by atoms with Gasteiger partial charge in [-0.15, -0.1) is 24.0 Å².